The van der Waals surface area contributed by atoms with E-state index in [2.05, 4.69) is 49.7 Å². The van der Waals surface area contributed by atoms with Crippen LogP contribution in [0.2, 0.25) is 0 Å². The average Bonchev–Trinajstić information content (AvgIpc) is 2.86. The first-order valence-electron chi connectivity index (χ1n) is 6.93. The van der Waals surface area contributed by atoms with E-state index in [0.29, 0.717) is 5.41 Å². The molecule has 0 aliphatic heterocycles. The molecule has 0 saturated carbocycles. The highest BCUT2D eigenvalue weighted by atomic mass is 32.1. The smallest absolute Gasteiger partial charge is 0.0566 e. The van der Waals surface area contributed by atoms with Gasteiger partial charge in [-0.25, -0.2) is 0 Å². The molecule has 0 radical (unpaired) electrons. The molecule has 2 aromatic rings. The van der Waals surface area contributed by atoms with Crippen LogP contribution >= 0.6 is 11.3 Å². The maximum absolute atomic E-state index is 6.32. The fourth-order valence-electron chi connectivity index (χ4n) is 3.18. The Bertz CT molecular complexity index is 592. The predicted octanol–water partition coefficient (Wildman–Crippen LogP) is 3.88. The third kappa shape index (κ3) is 2.49. The van der Waals surface area contributed by atoms with Crippen LogP contribution in [0.5, 0.6) is 0 Å². The van der Waals surface area contributed by atoms with Crippen molar-refractivity contribution in [2.45, 2.75) is 46.2 Å². The van der Waals surface area contributed by atoms with E-state index in [1.807, 2.05) is 11.3 Å². The molecule has 0 saturated heterocycles. The zero-order valence-electron chi connectivity index (χ0n) is 11.9. The Morgan fingerprint density at radius 1 is 1.37 bits per heavy atom. The normalized spacial score (nSPS) is 21.4. The second kappa shape index (κ2) is 4.50. The summed E-state index contributed by atoms with van der Waals surface area (Å²) in [5.74, 6) is 0. The molecule has 102 valence electrons. The summed E-state index contributed by atoms with van der Waals surface area (Å²) >= 11 is 1.89. The Balaban J connectivity index is 1.92. The molecule has 0 spiro atoms. The van der Waals surface area contributed by atoms with Crippen LogP contribution in [0.4, 0.5) is 0 Å². The lowest BCUT2D eigenvalue weighted by atomic mass is 9.74. The monoisotopic (exact) mass is 274 g/mol. The number of fused-ring (bicyclic) bond motifs is 1. The second-order valence-electron chi connectivity index (χ2n) is 6.51. The lowest BCUT2D eigenvalue weighted by Gasteiger charge is -2.34. The number of hydrogen-bond donors (Lipinski definition) is 1. The Morgan fingerprint density at radius 2 is 2.16 bits per heavy atom. The zero-order valence-corrected chi connectivity index (χ0v) is 12.8. The van der Waals surface area contributed by atoms with E-state index < -0.39 is 0 Å². The Kier molecular flexibility index (Phi) is 3.06. The number of hydrogen-bond acceptors (Lipinski definition) is 2. The summed E-state index contributed by atoms with van der Waals surface area (Å²) in [4.78, 5) is 2.81. The minimum Gasteiger partial charge on any atom is -0.346 e. The van der Waals surface area contributed by atoms with Crippen LogP contribution in [-0.2, 0) is 13.0 Å². The third-order valence-corrected chi connectivity index (χ3v) is 5.04. The van der Waals surface area contributed by atoms with Gasteiger partial charge in [-0.1, -0.05) is 13.8 Å². The van der Waals surface area contributed by atoms with E-state index >= 15 is 0 Å². The first-order chi connectivity index (χ1) is 8.94. The SMILES string of the molecule is Cc1ccc(Cn2ccc3c2CC(C)(C)CC3N)s1. The van der Waals surface area contributed by atoms with Gasteiger partial charge in [0.15, 0.2) is 0 Å². The van der Waals surface area contributed by atoms with E-state index in [9.17, 15) is 0 Å². The van der Waals surface area contributed by atoms with Crippen molar-refractivity contribution in [3.63, 3.8) is 0 Å². The largest absolute Gasteiger partial charge is 0.346 e. The van der Waals surface area contributed by atoms with Crippen LogP contribution in [0.1, 0.15) is 47.3 Å². The summed E-state index contributed by atoms with van der Waals surface area (Å²) in [5, 5.41) is 0. The lowest BCUT2D eigenvalue weighted by Crippen LogP contribution is -2.30. The van der Waals surface area contributed by atoms with Crippen LogP contribution in [0.15, 0.2) is 24.4 Å². The van der Waals surface area contributed by atoms with Crippen molar-refractivity contribution in [2.75, 3.05) is 0 Å². The van der Waals surface area contributed by atoms with E-state index in [1.54, 1.807) is 0 Å². The van der Waals surface area contributed by atoms with Gasteiger partial charge < -0.3 is 10.3 Å². The number of aryl methyl sites for hydroxylation is 1. The van der Waals surface area contributed by atoms with Gasteiger partial charge in [-0.05, 0) is 48.9 Å². The first-order valence-corrected chi connectivity index (χ1v) is 7.75. The van der Waals surface area contributed by atoms with Gasteiger partial charge in [0, 0.05) is 27.7 Å². The molecule has 0 amide bonds. The Morgan fingerprint density at radius 3 is 2.84 bits per heavy atom. The third-order valence-electron chi connectivity index (χ3n) is 4.05. The van der Waals surface area contributed by atoms with E-state index in [1.165, 1.54) is 21.0 Å². The van der Waals surface area contributed by atoms with Crippen LogP contribution in [0, 0.1) is 12.3 Å². The standard InChI is InChI=1S/C16H22N2S/c1-11-4-5-12(19-11)10-18-7-6-13-14(17)8-16(2,3)9-15(13)18/h4-7,14H,8-10,17H2,1-3H3. The van der Waals surface area contributed by atoms with Crippen LogP contribution in [0.3, 0.4) is 0 Å². The van der Waals surface area contributed by atoms with Gasteiger partial charge in [-0.3, -0.25) is 0 Å². The van der Waals surface area contributed by atoms with Gasteiger partial charge in [0.05, 0.1) is 6.54 Å². The molecule has 2 nitrogen and oxygen atoms in total. The average molecular weight is 274 g/mol. The summed E-state index contributed by atoms with van der Waals surface area (Å²) in [7, 11) is 0. The summed E-state index contributed by atoms with van der Waals surface area (Å²) in [6.45, 7) is 7.79. The molecule has 2 heterocycles. The van der Waals surface area contributed by atoms with Crippen LogP contribution < -0.4 is 5.73 Å². The molecular formula is C16H22N2S. The minimum absolute atomic E-state index is 0.199. The molecule has 2 aromatic heterocycles. The molecule has 3 heteroatoms. The maximum Gasteiger partial charge on any atom is 0.0566 e. The molecule has 19 heavy (non-hydrogen) atoms. The quantitative estimate of drug-likeness (QED) is 0.885. The van der Waals surface area contributed by atoms with E-state index in [0.717, 1.165) is 19.4 Å². The number of nitrogens with two attached hydrogens (primary N) is 1. The van der Waals surface area contributed by atoms with Crippen LogP contribution in [-0.4, -0.2) is 4.57 Å². The fraction of sp³-hybridized carbons (Fsp3) is 0.500. The molecule has 1 unspecified atom stereocenters. The predicted molar refractivity (Wildman–Crippen MR) is 81.6 cm³/mol. The molecule has 0 fully saturated rings. The molecule has 1 atom stereocenters. The van der Waals surface area contributed by atoms with Crippen molar-refractivity contribution < 1.29 is 0 Å². The Labute approximate surface area is 119 Å². The highest BCUT2D eigenvalue weighted by molar-refractivity contribution is 7.11. The minimum atomic E-state index is 0.199. The maximum atomic E-state index is 6.32. The summed E-state index contributed by atoms with van der Waals surface area (Å²) in [5.41, 5.74) is 9.43. The van der Waals surface area contributed by atoms with Crippen LogP contribution in [0.25, 0.3) is 0 Å². The number of thiophene rings is 1. The zero-order chi connectivity index (χ0) is 13.6. The molecule has 3 rings (SSSR count). The topological polar surface area (TPSA) is 30.9 Å². The molecule has 2 N–H and O–H groups in total. The van der Waals surface area contributed by atoms with Crippen molar-refractivity contribution >= 4 is 11.3 Å². The van der Waals surface area contributed by atoms with Crippen molar-refractivity contribution in [1.82, 2.24) is 4.57 Å². The number of rotatable bonds is 2. The van der Waals surface area contributed by atoms with E-state index in [4.69, 9.17) is 5.73 Å². The second-order valence-corrected chi connectivity index (χ2v) is 7.88. The van der Waals surface area contributed by atoms with Crippen molar-refractivity contribution in [2.24, 2.45) is 11.1 Å². The highest BCUT2D eigenvalue weighted by Gasteiger charge is 2.32. The van der Waals surface area contributed by atoms with Gasteiger partial charge in [-0.2, -0.15) is 0 Å². The summed E-state index contributed by atoms with van der Waals surface area (Å²) < 4.78 is 2.39. The Hall–Kier alpha value is -1.06. The fourth-order valence-corrected chi connectivity index (χ4v) is 4.07. The molecule has 1 aliphatic rings. The molecule has 0 bridgehead atoms. The summed E-state index contributed by atoms with van der Waals surface area (Å²) in [6, 6.07) is 6.85. The van der Waals surface area contributed by atoms with Crippen molar-refractivity contribution in [3.05, 3.63) is 45.4 Å². The van der Waals surface area contributed by atoms with Gasteiger partial charge in [-0.15, -0.1) is 11.3 Å². The van der Waals surface area contributed by atoms with Gasteiger partial charge in [0.2, 0.25) is 0 Å². The van der Waals surface area contributed by atoms with Gasteiger partial charge in [0.1, 0.15) is 0 Å². The van der Waals surface area contributed by atoms with Gasteiger partial charge >= 0.3 is 0 Å². The number of aromatic nitrogens is 1. The molecular weight excluding hydrogens is 252 g/mol. The number of nitrogens with zero attached hydrogens (tertiary/aromatic N) is 1. The highest BCUT2D eigenvalue weighted by Crippen LogP contribution is 2.40. The van der Waals surface area contributed by atoms with E-state index in [-0.39, 0.29) is 6.04 Å². The molecule has 1 aliphatic carbocycles. The molecule has 0 aromatic carbocycles. The van der Waals surface area contributed by atoms with Crippen molar-refractivity contribution in [3.8, 4) is 0 Å². The summed E-state index contributed by atoms with van der Waals surface area (Å²) in [6.07, 6.45) is 4.43. The lowest BCUT2D eigenvalue weighted by molar-refractivity contribution is 0.276. The van der Waals surface area contributed by atoms with Gasteiger partial charge in [0.25, 0.3) is 0 Å². The van der Waals surface area contributed by atoms with Crippen molar-refractivity contribution in [1.29, 1.82) is 0 Å². The first kappa shape index (κ1) is 12.9.